The molecule has 1 N–H and O–H groups in total. The summed E-state index contributed by atoms with van der Waals surface area (Å²) in [7, 11) is 0. The van der Waals surface area contributed by atoms with Crippen LogP contribution < -0.4 is 5.32 Å². The zero-order chi connectivity index (χ0) is 17.9. The van der Waals surface area contributed by atoms with Crippen LogP contribution in [0.4, 0.5) is 0 Å². The van der Waals surface area contributed by atoms with Crippen molar-refractivity contribution in [2.75, 3.05) is 13.2 Å². The van der Waals surface area contributed by atoms with Crippen molar-refractivity contribution in [1.29, 1.82) is 5.26 Å². The lowest BCUT2D eigenvalue weighted by Gasteiger charge is -2.06. The fourth-order valence-corrected chi connectivity index (χ4v) is 1.95. The van der Waals surface area contributed by atoms with E-state index in [9.17, 15) is 9.59 Å². The number of rotatable bonds is 8. The molecule has 0 bridgehead atoms. The van der Waals surface area contributed by atoms with Crippen molar-refractivity contribution in [3.05, 3.63) is 41.0 Å². The second-order valence-corrected chi connectivity index (χ2v) is 5.77. The minimum atomic E-state index is -0.795. The zero-order valence-corrected chi connectivity index (χ0v) is 14.5. The summed E-state index contributed by atoms with van der Waals surface area (Å²) in [5, 5.41) is 11.8. The molecule has 5 heteroatoms. The van der Waals surface area contributed by atoms with Gasteiger partial charge in [0.1, 0.15) is 11.6 Å². The van der Waals surface area contributed by atoms with E-state index in [1.165, 1.54) is 11.6 Å². The van der Waals surface area contributed by atoms with Gasteiger partial charge < -0.3 is 10.1 Å². The van der Waals surface area contributed by atoms with E-state index < -0.39 is 5.97 Å². The van der Waals surface area contributed by atoms with Gasteiger partial charge in [0.05, 0.1) is 0 Å². The number of nitrogens with one attached hydrogen (secondary N) is 1. The predicted octanol–water partition coefficient (Wildman–Crippen LogP) is 3.18. The Balaban J connectivity index is 2.63. The van der Waals surface area contributed by atoms with Crippen molar-refractivity contribution in [2.45, 2.75) is 39.5 Å². The molecule has 1 rings (SSSR count). The Labute approximate surface area is 143 Å². The number of carbonyl (C=O) groups excluding carboxylic acids is 2. The lowest BCUT2D eigenvalue weighted by atomic mass is 10.0. The molecule has 0 unspecified atom stereocenters. The second kappa shape index (κ2) is 10.2. The highest BCUT2D eigenvalue weighted by Crippen LogP contribution is 2.16. The van der Waals surface area contributed by atoms with Gasteiger partial charge in [0, 0.05) is 6.54 Å². The molecule has 1 aromatic carbocycles. The molecule has 0 saturated carbocycles. The third-order valence-electron chi connectivity index (χ3n) is 3.44. The van der Waals surface area contributed by atoms with Gasteiger partial charge in [-0.05, 0) is 29.5 Å². The van der Waals surface area contributed by atoms with Crippen LogP contribution in [0.25, 0.3) is 6.08 Å². The molecule has 0 saturated heterocycles. The summed E-state index contributed by atoms with van der Waals surface area (Å²) in [5.41, 5.74) is 1.78. The van der Waals surface area contributed by atoms with Crippen LogP contribution in [0.2, 0.25) is 0 Å². The van der Waals surface area contributed by atoms with Crippen LogP contribution in [0.3, 0.4) is 0 Å². The Morgan fingerprint density at radius 1 is 1.29 bits per heavy atom. The van der Waals surface area contributed by atoms with Gasteiger partial charge in [-0.3, -0.25) is 4.79 Å². The Bertz CT molecular complexity index is 625. The van der Waals surface area contributed by atoms with Gasteiger partial charge in [0.2, 0.25) is 0 Å². The minimum absolute atomic E-state index is 0.131. The normalized spacial score (nSPS) is 11.0. The monoisotopic (exact) mass is 328 g/mol. The topological polar surface area (TPSA) is 79.2 Å². The number of benzene rings is 1. The highest BCUT2D eigenvalue weighted by molar-refractivity contribution is 5.98. The molecule has 0 spiro atoms. The van der Waals surface area contributed by atoms with Crippen molar-refractivity contribution >= 4 is 18.0 Å². The molecule has 0 aliphatic heterocycles. The highest BCUT2D eigenvalue weighted by Gasteiger charge is 2.13. The van der Waals surface area contributed by atoms with Crippen molar-refractivity contribution < 1.29 is 14.3 Å². The number of amides is 1. The molecule has 0 aliphatic rings. The summed E-state index contributed by atoms with van der Waals surface area (Å²) < 4.78 is 4.88. The molecule has 128 valence electrons. The first-order chi connectivity index (χ1) is 11.5. The van der Waals surface area contributed by atoms with Gasteiger partial charge in [0.25, 0.3) is 5.91 Å². The summed E-state index contributed by atoms with van der Waals surface area (Å²) in [6.45, 7) is 6.37. The van der Waals surface area contributed by atoms with Gasteiger partial charge in [0.15, 0.2) is 6.61 Å². The molecule has 0 radical (unpaired) electrons. The van der Waals surface area contributed by atoms with E-state index in [1.807, 2.05) is 37.3 Å². The van der Waals surface area contributed by atoms with Crippen LogP contribution in [0.15, 0.2) is 29.8 Å². The van der Waals surface area contributed by atoms with Crippen LogP contribution in [0, 0.1) is 11.3 Å². The van der Waals surface area contributed by atoms with E-state index in [0.29, 0.717) is 12.5 Å². The molecular formula is C19H24N2O3. The standard InChI is InChI=1S/C19H24N2O3/c1-4-5-10-21-18(22)13-24-19(23)17(12-20)11-15-6-8-16(9-7-15)14(2)3/h6-9,11,14H,4-5,10,13H2,1-3H3,(H,21,22)/b17-11+. The SMILES string of the molecule is CCCCNC(=O)COC(=O)/C(C#N)=C/c1ccc(C(C)C)cc1. The van der Waals surface area contributed by atoms with Gasteiger partial charge >= 0.3 is 5.97 Å². The van der Waals surface area contributed by atoms with Gasteiger partial charge in [-0.2, -0.15) is 5.26 Å². The fraction of sp³-hybridized carbons (Fsp3) is 0.421. The molecule has 0 aromatic heterocycles. The summed E-state index contributed by atoms with van der Waals surface area (Å²) in [6.07, 6.45) is 3.30. The van der Waals surface area contributed by atoms with E-state index in [2.05, 4.69) is 19.2 Å². The van der Waals surface area contributed by atoms with E-state index in [4.69, 9.17) is 10.00 Å². The highest BCUT2D eigenvalue weighted by atomic mass is 16.5. The Hall–Kier alpha value is -2.61. The molecule has 0 aliphatic carbocycles. The van der Waals surface area contributed by atoms with Crippen LogP contribution in [-0.4, -0.2) is 25.0 Å². The second-order valence-electron chi connectivity index (χ2n) is 5.77. The molecular weight excluding hydrogens is 304 g/mol. The first-order valence-electron chi connectivity index (χ1n) is 8.13. The summed E-state index contributed by atoms with van der Waals surface area (Å²) in [6, 6.07) is 9.42. The minimum Gasteiger partial charge on any atom is -0.451 e. The Kier molecular flexibility index (Phi) is 8.28. The summed E-state index contributed by atoms with van der Waals surface area (Å²) in [4.78, 5) is 23.4. The Morgan fingerprint density at radius 2 is 1.96 bits per heavy atom. The molecule has 1 amide bonds. The molecule has 5 nitrogen and oxygen atoms in total. The third-order valence-corrected chi connectivity index (χ3v) is 3.44. The Morgan fingerprint density at radius 3 is 2.50 bits per heavy atom. The van der Waals surface area contributed by atoms with E-state index in [1.54, 1.807) is 0 Å². The van der Waals surface area contributed by atoms with E-state index >= 15 is 0 Å². The van der Waals surface area contributed by atoms with Gasteiger partial charge in [-0.25, -0.2) is 4.79 Å². The van der Waals surface area contributed by atoms with Crippen LogP contribution in [0.5, 0.6) is 0 Å². The third kappa shape index (κ3) is 6.66. The summed E-state index contributed by atoms with van der Waals surface area (Å²) >= 11 is 0. The van der Waals surface area contributed by atoms with Crippen LogP contribution >= 0.6 is 0 Å². The van der Waals surface area contributed by atoms with Crippen molar-refractivity contribution in [3.63, 3.8) is 0 Å². The maximum atomic E-state index is 11.9. The fourth-order valence-electron chi connectivity index (χ4n) is 1.95. The number of hydrogen-bond acceptors (Lipinski definition) is 4. The largest absolute Gasteiger partial charge is 0.451 e. The van der Waals surface area contributed by atoms with Gasteiger partial charge in [-0.15, -0.1) is 0 Å². The van der Waals surface area contributed by atoms with Crippen LogP contribution in [-0.2, 0) is 14.3 Å². The molecule has 0 atom stereocenters. The molecule has 1 aromatic rings. The van der Waals surface area contributed by atoms with Crippen molar-refractivity contribution in [3.8, 4) is 6.07 Å². The van der Waals surface area contributed by atoms with Crippen LogP contribution in [0.1, 0.15) is 50.7 Å². The quantitative estimate of drug-likeness (QED) is 0.344. The number of esters is 1. The van der Waals surface area contributed by atoms with Gasteiger partial charge in [-0.1, -0.05) is 51.5 Å². The number of hydrogen-bond donors (Lipinski definition) is 1. The smallest absolute Gasteiger partial charge is 0.349 e. The van der Waals surface area contributed by atoms with E-state index in [-0.39, 0.29) is 18.1 Å². The summed E-state index contributed by atoms with van der Waals surface area (Å²) in [5.74, 6) is -0.749. The lowest BCUT2D eigenvalue weighted by Crippen LogP contribution is -2.29. The average Bonchev–Trinajstić information content (AvgIpc) is 2.58. The van der Waals surface area contributed by atoms with Crippen molar-refractivity contribution in [1.82, 2.24) is 5.32 Å². The lowest BCUT2D eigenvalue weighted by molar-refractivity contribution is -0.144. The zero-order valence-electron chi connectivity index (χ0n) is 14.5. The van der Waals surface area contributed by atoms with E-state index in [0.717, 1.165) is 18.4 Å². The molecule has 0 heterocycles. The molecule has 24 heavy (non-hydrogen) atoms. The number of nitrogens with zero attached hydrogens (tertiary/aromatic N) is 1. The van der Waals surface area contributed by atoms with Crippen molar-refractivity contribution in [2.24, 2.45) is 0 Å². The maximum Gasteiger partial charge on any atom is 0.349 e. The predicted molar refractivity (Wildman–Crippen MR) is 93.0 cm³/mol. The maximum absolute atomic E-state index is 11.9. The number of unbranched alkanes of at least 4 members (excludes halogenated alkanes) is 1. The molecule has 0 fully saturated rings. The number of nitriles is 1. The first-order valence-corrected chi connectivity index (χ1v) is 8.13. The average molecular weight is 328 g/mol. The number of carbonyl (C=O) groups is 2. The number of ether oxygens (including phenoxy) is 1. The first kappa shape index (κ1) is 19.4.